The third-order valence-electron chi connectivity index (χ3n) is 4.29. The molecule has 1 amide bonds. The van der Waals surface area contributed by atoms with E-state index in [1.807, 2.05) is 45.2 Å². The quantitative estimate of drug-likeness (QED) is 0.468. The lowest BCUT2D eigenvalue weighted by Crippen LogP contribution is -2.15. The fourth-order valence-electron chi connectivity index (χ4n) is 2.79. The summed E-state index contributed by atoms with van der Waals surface area (Å²) in [5, 5.41) is 18.1. The highest BCUT2D eigenvalue weighted by Crippen LogP contribution is 2.31. The van der Waals surface area contributed by atoms with Gasteiger partial charge in [-0.05, 0) is 43.5 Å². The number of amides is 1. The van der Waals surface area contributed by atoms with E-state index in [0.29, 0.717) is 18.0 Å². The van der Waals surface area contributed by atoms with Gasteiger partial charge < -0.3 is 10.1 Å². The summed E-state index contributed by atoms with van der Waals surface area (Å²) in [5.41, 5.74) is 3.07. The predicted molar refractivity (Wildman–Crippen MR) is 109 cm³/mol. The molecule has 0 saturated carbocycles. The minimum absolute atomic E-state index is 0.161. The van der Waals surface area contributed by atoms with E-state index in [0.717, 1.165) is 16.7 Å². The summed E-state index contributed by atoms with van der Waals surface area (Å²) in [5.74, 6) is 0.624. The van der Waals surface area contributed by atoms with Gasteiger partial charge in [0.05, 0.1) is 22.9 Å². The Hall–Kier alpha value is -3.68. The van der Waals surface area contributed by atoms with Crippen LogP contribution in [0, 0.1) is 30.9 Å². The lowest BCUT2D eigenvalue weighted by Gasteiger charge is -2.12. The SMILES string of the molecule is Cc1ccc(C)c(Oc2cc(NC(=O)CCn3cc(C)cn3)cc([N+](=O)[O-])c2)c1. The minimum Gasteiger partial charge on any atom is -0.457 e. The maximum Gasteiger partial charge on any atom is 0.275 e. The topological polar surface area (TPSA) is 99.3 Å². The molecule has 1 aromatic heterocycles. The van der Waals surface area contributed by atoms with Crippen LogP contribution < -0.4 is 10.1 Å². The molecule has 0 radical (unpaired) electrons. The van der Waals surface area contributed by atoms with Crippen LogP contribution in [0.5, 0.6) is 11.5 Å². The summed E-state index contributed by atoms with van der Waals surface area (Å²) in [7, 11) is 0. The van der Waals surface area contributed by atoms with Gasteiger partial charge in [-0.3, -0.25) is 19.6 Å². The highest BCUT2D eigenvalue weighted by molar-refractivity contribution is 5.91. The molecule has 3 aromatic rings. The van der Waals surface area contributed by atoms with E-state index in [1.165, 1.54) is 12.1 Å². The van der Waals surface area contributed by atoms with Crippen LogP contribution >= 0.6 is 0 Å². The molecule has 0 saturated heterocycles. The molecule has 0 bridgehead atoms. The van der Waals surface area contributed by atoms with E-state index < -0.39 is 4.92 Å². The first-order valence-corrected chi connectivity index (χ1v) is 9.13. The van der Waals surface area contributed by atoms with Crippen molar-refractivity contribution in [3.05, 3.63) is 75.6 Å². The van der Waals surface area contributed by atoms with Crippen molar-refractivity contribution in [3.8, 4) is 11.5 Å². The van der Waals surface area contributed by atoms with Crippen molar-refractivity contribution in [2.45, 2.75) is 33.7 Å². The van der Waals surface area contributed by atoms with E-state index in [4.69, 9.17) is 4.74 Å². The van der Waals surface area contributed by atoms with E-state index in [1.54, 1.807) is 16.9 Å². The first kappa shape index (κ1) is 20.1. The number of carbonyl (C=O) groups is 1. The molecule has 8 nitrogen and oxygen atoms in total. The van der Waals surface area contributed by atoms with Gasteiger partial charge >= 0.3 is 0 Å². The summed E-state index contributed by atoms with van der Waals surface area (Å²) in [6.07, 6.45) is 3.75. The molecular weight excluding hydrogens is 372 g/mol. The number of hydrogen-bond acceptors (Lipinski definition) is 5. The van der Waals surface area contributed by atoms with Gasteiger partial charge in [-0.25, -0.2) is 0 Å². The molecule has 0 aliphatic heterocycles. The predicted octanol–water partition coefficient (Wildman–Crippen LogP) is 4.54. The first-order valence-electron chi connectivity index (χ1n) is 9.13. The molecule has 0 fully saturated rings. The maximum atomic E-state index is 12.3. The van der Waals surface area contributed by atoms with E-state index in [2.05, 4.69) is 10.4 Å². The largest absolute Gasteiger partial charge is 0.457 e. The molecule has 150 valence electrons. The number of nitro groups is 1. The Balaban J connectivity index is 1.76. The summed E-state index contributed by atoms with van der Waals surface area (Å²) < 4.78 is 7.54. The van der Waals surface area contributed by atoms with Gasteiger partial charge in [0, 0.05) is 31.3 Å². The van der Waals surface area contributed by atoms with Crippen LogP contribution in [0.2, 0.25) is 0 Å². The van der Waals surface area contributed by atoms with Crippen LogP contribution in [0.4, 0.5) is 11.4 Å². The van der Waals surface area contributed by atoms with E-state index in [9.17, 15) is 14.9 Å². The lowest BCUT2D eigenvalue weighted by atomic mass is 10.1. The Morgan fingerprint density at radius 2 is 1.97 bits per heavy atom. The minimum atomic E-state index is -0.516. The van der Waals surface area contributed by atoms with E-state index in [-0.39, 0.29) is 23.8 Å². The highest BCUT2D eigenvalue weighted by atomic mass is 16.6. The fourth-order valence-corrected chi connectivity index (χ4v) is 2.79. The highest BCUT2D eigenvalue weighted by Gasteiger charge is 2.14. The zero-order valence-corrected chi connectivity index (χ0v) is 16.5. The van der Waals surface area contributed by atoms with Gasteiger partial charge in [-0.1, -0.05) is 12.1 Å². The number of aromatic nitrogens is 2. The Labute approximate surface area is 168 Å². The normalized spacial score (nSPS) is 10.6. The number of non-ortho nitro benzene ring substituents is 1. The molecule has 8 heteroatoms. The number of anilines is 1. The van der Waals surface area contributed by atoms with Crippen molar-refractivity contribution in [1.29, 1.82) is 0 Å². The monoisotopic (exact) mass is 394 g/mol. The van der Waals surface area contributed by atoms with Gasteiger partial charge in [0.25, 0.3) is 5.69 Å². The number of ether oxygens (including phenoxy) is 1. The Kier molecular flexibility index (Phi) is 5.92. The third-order valence-corrected chi connectivity index (χ3v) is 4.29. The summed E-state index contributed by atoms with van der Waals surface area (Å²) >= 11 is 0. The average Bonchev–Trinajstić information content (AvgIpc) is 3.08. The van der Waals surface area contributed by atoms with Gasteiger partial charge in [-0.2, -0.15) is 5.10 Å². The second kappa shape index (κ2) is 8.55. The molecular formula is C21H22N4O4. The number of rotatable bonds is 7. The Bertz CT molecular complexity index is 1060. The maximum absolute atomic E-state index is 12.3. The molecule has 0 spiro atoms. The van der Waals surface area contributed by atoms with Crippen molar-refractivity contribution < 1.29 is 14.5 Å². The zero-order valence-electron chi connectivity index (χ0n) is 16.5. The van der Waals surface area contributed by atoms with Crippen molar-refractivity contribution in [2.24, 2.45) is 0 Å². The van der Waals surface area contributed by atoms with E-state index >= 15 is 0 Å². The van der Waals surface area contributed by atoms with Crippen LogP contribution in [0.1, 0.15) is 23.1 Å². The van der Waals surface area contributed by atoms with Crippen LogP contribution in [-0.4, -0.2) is 20.6 Å². The van der Waals surface area contributed by atoms with Gasteiger partial charge in [-0.15, -0.1) is 0 Å². The number of aryl methyl sites for hydroxylation is 4. The number of nitro benzene ring substituents is 1. The third kappa shape index (κ3) is 5.41. The number of hydrogen-bond donors (Lipinski definition) is 1. The first-order chi connectivity index (χ1) is 13.8. The van der Waals surface area contributed by atoms with Gasteiger partial charge in [0.1, 0.15) is 11.5 Å². The Morgan fingerprint density at radius 1 is 1.17 bits per heavy atom. The van der Waals surface area contributed by atoms with Crippen LogP contribution in [0.25, 0.3) is 0 Å². The number of nitrogens with zero attached hydrogens (tertiary/aromatic N) is 3. The molecule has 2 aromatic carbocycles. The standard InChI is InChI=1S/C21H22N4O4/c1-14-4-5-16(3)20(8-14)29-19-10-17(9-18(11-19)25(27)28)23-21(26)6-7-24-13-15(2)12-22-24/h4-5,8-13H,6-7H2,1-3H3,(H,23,26). The van der Waals surface area contributed by atoms with Crippen molar-refractivity contribution in [2.75, 3.05) is 5.32 Å². The number of benzene rings is 2. The smallest absolute Gasteiger partial charge is 0.275 e. The average molecular weight is 394 g/mol. The van der Waals surface area contributed by atoms with Crippen molar-refractivity contribution >= 4 is 17.3 Å². The van der Waals surface area contributed by atoms with Crippen LogP contribution in [0.15, 0.2) is 48.8 Å². The molecule has 29 heavy (non-hydrogen) atoms. The fraction of sp³-hybridized carbons (Fsp3) is 0.238. The molecule has 0 unspecified atom stereocenters. The second-order valence-electron chi connectivity index (χ2n) is 6.92. The van der Waals surface area contributed by atoms with Crippen LogP contribution in [-0.2, 0) is 11.3 Å². The van der Waals surface area contributed by atoms with Crippen LogP contribution in [0.3, 0.4) is 0 Å². The molecule has 0 atom stereocenters. The second-order valence-corrected chi connectivity index (χ2v) is 6.92. The van der Waals surface area contributed by atoms with Gasteiger partial charge in [0.15, 0.2) is 0 Å². The van der Waals surface area contributed by atoms with Crippen molar-refractivity contribution in [1.82, 2.24) is 9.78 Å². The van der Waals surface area contributed by atoms with Crippen molar-refractivity contribution in [3.63, 3.8) is 0 Å². The molecule has 3 rings (SSSR count). The zero-order chi connectivity index (χ0) is 21.0. The summed E-state index contributed by atoms with van der Waals surface area (Å²) in [6, 6.07) is 9.96. The Morgan fingerprint density at radius 3 is 2.66 bits per heavy atom. The lowest BCUT2D eigenvalue weighted by molar-refractivity contribution is -0.384. The number of nitrogens with one attached hydrogen (secondary N) is 1. The summed E-state index contributed by atoms with van der Waals surface area (Å²) in [6.45, 7) is 6.17. The summed E-state index contributed by atoms with van der Waals surface area (Å²) in [4.78, 5) is 23.1. The molecule has 0 aliphatic rings. The van der Waals surface area contributed by atoms with Gasteiger partial charge in [0.2, 0.25) is 5.91 Å². The molecule has 1 heterocycles. The molecule has 0 aliphatic carbocycles. The number of carbonyl (C=O) groups excluding carboxylic acids is 1. The molecule has 1 N–H and O–H groups in total.